The lowest BCUT2D eigenvalue weighted by atomic mass is 10.0. The van der Waals surface area contributed by atoms with Gasteiger partial charge in [-0.15, -0.1) is 11.3 Å². The number of anilines is 1. The van der Waals surface area contributed by atoms with Crippen molar-refractivity contribution in [3.05, 3.63) is 51.4 Å². The number of nitrogens with zero attached hydrogens (tertiary/aromatic N) is 1. The molecule has 0 spiro atoms. The van der Waals surface area contributed by atoms with Crippen molar-refractivity contribution in [2.75, 3.05) is 11.9 Å². The molecule has 0 bridgehead atoms. The van der Waals surface area contributed by atoms with Crippen LogP contribution in [0.4, 0.5) is 9.80 Å². The molecule has 1 aliphatic carbocycles. The molecule has 0 aliphatic heterocycles. The lowest BCUT2D eigenvalue weighted by Crippen LogP contribution is -2.25. The number of carbonyl (C=O) groups excluding carboxylic acids is 2. The maximum Gasteiger partial charge on any atom is 0.341 e. The summed E-state index contributed by atoms with van der Waals surface area (Å²) in [7, 11) is 0. The first kappa shape index (κ1) is 20.1. The van der Waals surface area contributed by atoms with Crippen LogP contribution < -0.4 is 10.7 Å². The maximum atomic E-state index is 12.3. The van der Waals surface area contributed by atoms with Gasteiger partial charge in [0.2, 0.25) is 0 Å². The van der Waals surface area contributed by atoms with Gasteiger partial charge >= 0.3 is 12.0 Å². The zero-order chi connectivity index (χ0) is 20.1. The van der Waals surface area contributed by atoms with E-state index in [4.69, 9.17) is 4.74 Å². The van der Waals surface area contributed by atoms with Crippen molar-refractivity contribution >= 4 is 34.6 Å². The van der Waals surface area contributed by atoms with Gasteiger partial charge in [-0.25, -0.2) is 15.0 Å². The summed E-state index contributed by atoms with van der Waals surface area (Å²) in [5.41, 5.74) is 6.09. The Kier molecular flexibility index (Phi) is 6.46. The second-order valence-corrected chi connectivity index (χ2v) is 8.03. The minimum absolute atomic E-state index is 0.301. The normalized spacial score (nSPS) is 13.0. The van der Waals surface area contributed by atoms with E-state index in [0.717, 1.165) is 35.3 Å². The fourth-order valence-corrected chi connectivity index (χ4v) is 4.45. The molecule has 1 aromatic heterocycles. The van der Waals surface area contributed by atoms with E-state index >= 15 is 0 Å². The maximum absolute atomic E-state index is 12.3. The molecule has 0 radical (unpaired) electrons. The number of ether oxygens (including phenoxy) is 1. The van der Waals surface area contributed by atoms with Crippen LogP contribution in [0.3, 0.4) is 0 Å². The van der Waals surface area contributed by atoms with Gasteiger partial charge in [-0.1, -0.05) is 38.1 Å². The summed E-state index contributed by atoms with van der Waals surface area (Å²) >= 11 is 1.44. The molecule has 0 unspecified atom stereocenters. The molecule has 3 rings (SSSR count). The van der Waals surface area contributed by atoms with Gasteiger partial charge < -0.3 is 4.74 Å². The number of carbonyl (C=O) groups is 2. The molecule has 0 saturated carbocycles. The summed E-state index contributed by atoms with van der Waals surface area (Å²) in [6.45, 7) is 6.35. The Hall–Kier alpha value is -2.67. The SMILES string of the molecule is CCOC(=O)c1c(NC(=O)NN=Cc2ccc(C(C)C)cc2)sc2c1CCC2. The van der Waals surface area contributed by atoms with Crippen molar-refractivity contribution in [2.24, 2.45) is 5.10 Å². The second-order valence-electron chi connectivity index (χ2n) is 6.93. The van der Waals surface area contributed by atoms with E-state index in [1.807, 2.05) is 24.3 Å². The first-order valence-electron chi connectivity index (χ1n) is 9.51. The van der Waals surface area contributed by atoms with Gasteiger partial charge in [-0.3, -0.25) is 5.32 Å². The number of thiophene rings is 1. The second kappa shape index (κ2) is 9.01. The van der Waals surface area contributed by atoms with E-state index in [1.54, 1.807) is 13.1 Å². The lowest BCUT2D eigenvalue weighted by molar-refractivity contribution is 0.0527. The number of hydrogen-bond acceptors (Lipinski definition) is 5. The highest BCUT2D eigenvalue weighted by atomic mass is 32.1. The third kappa shape index (κ3) is 4.59. The molecule has 7 heteroatoms. The largest absolute Gasteiger partial charge is 0.462 e. The van der Waals surface area contributed by atoms with Crippen molar-refractivity contribution < 1.29 is 14.3 Å². The Morgan fingerprint density at radius 2 is 2.00 bits per heavy atom. The van der Waals surface area contributed by atoms with Crippen molar-refractivity contribution in [1.82, 2.24) is 5.43 Å². The van der Waals surface area contributed by atoms with Crippen LogP contribution in [-0.4, -0.2) is 24.8 Å². The number of urea groups is 1. The van der Waals surface area contributed by atoms with Crippen molar-refractivity contribution in [1.29, 1.82) is 0 Å². The number of aryl methyl sites for hydroxylation is 1. The molecule has 2 N–H and O–H groups in total. The molecule has 28 heavy (non-hydrogen) atoms. The van der Waals surface area contributed by atoms with Gasteiger partial charge in [0.25, 0.3) is 0 Å². The third-order valence-electron chi connectivity index (χ3n) is 4.61. The molecule has 1 aliphatic rings. The van der Waals surface area contributed by atoms with E-state index < -0.39 is 6.03 Å². The predicted octanol–water partition coefficient (Wildman–Crippen LogP) is 4.69. The monoisotopic (exact) mass is 399 g/mol. The van der Waals surface area contributed by atoms with Crippen LogP contribution in [0.15, 0.2) is 29.4 Å². The fourth-order valence-electron chi connectivity index (χ4n) is 3.18. The Morgan fingerprint density at radius 3 is 2.68 bits per heavy atom. The van der Waals surface area contributed by atoms with Gasteiger partial charge in [0.1, 0.15) is 5.00 Å². The topological polar surface area (TPSA) is 79.8 Å². The lowest BCUT2D eigenvalue weighted by Gasteiger charge is -2.07. The zero-order valence-corrected chi connectivity index (χ0v) is 17.2. The number of rotatable bonds is 6. The van der Waals surface area contributed by atoms with E-state index in [-0.39, 0.29) is 5.97 Å². The average molecular weight is 400 g/mol. The van der Waals surface area contributed by atoms with E-state index in [0.29, 0.717) is 23.1 Å². The summed E-state index contributed by atoms with van der Waals surface area (Å²) in [6, 6.07) is 7.53. The van der Waals surface area contributed by atoms with Crippen molar-refractivity contribution in [3.8, 4) is 0 Å². The molecule has 148 valence electrons. The van der Waals surface area contributed by atoms with Crippen LogP contribution in [0.25, 0.3) is 0 Å². The van der Waals surface area contributed by atoms with Gasteiger partial charge in [0, 0.05) is 4.88 Å². The van der Waals surface area contributed by atoms with Gasteiger partial charge in [-0.05, 0) is 48.8 Å². The zero-order valence-electron chi connectivity index (χ0n) is 16.4. The smallest absolute Gasteiger partial charge is 0.341 e. The summed E-state index contributed by atoms with van der Waals surface area (Å²) in [4.78, 5) is 25.7. The van der Waals surface area contributed by atoms with Crippen LogP contribution in [0.5, 0.6) is 0 Å². The summed E-state index contributed by atoms with van der Waals surface area (Å²) in [5.74, 6) is 0.0850. The Bertz CT molecular complexity index is 885. The quantitative estimate of drug-likeness (QED) is 0.420. The van der Waals surface area contributed by atoms with Crippen LogP contribution in [-0.2, 0) is 17.6 Å². The van der Waals surface area contributed by atoms with Gasteiger partial charge in [0.05, 0.1) is 18.4 Å². The van der Waals surface area contributed by atoms with Gasteiger partial charge in [0.15, 0.2) is 0 Å². The van der Waals surface area contributed by atoms with Crippen LogP contribution in [0.1, 0.15) is 65.0 Å². The standard InChI is InChI=1S/C21H25N3O3S/c1-4-27-20(25)18-16-6-5-7-17(16)28-19(18)23-21(26)24-22-12-14-8-10-15(11-9-14)13(2)3/h8-13H,4-7H2,1-3H3,(H2,23,24,26). The molecular formula is C21H25N3O3S. The average Bonchev–Trinajstić information content (AvgIpc) is 3.23. The van der Waals surface area contributed by atoms with Crippen molar-refractivity contribution in [3.63, 3.8) is 0 Å². The molecule has 2 aromatic rings. The number of esters is 1. The Balaban J connectivity index is 1.64. The Labute approximate surface area is 169 Å². The Morgan fingerprint density at radius 1 is 1.25 bits per heavy atom. The molecule has 0 atom stereocenters. The molecular weight excluding hydrogens is 374 g/mol. The van der Waals surface area contributed by atoms with Crippen LogP contribution in [0, 0.1) is 0 Å². The summed E-state index contributed by atoms with van der Waals surface area (Å²) < 4.78 is 5.17. The first-order valence-corrected chi connectivity index (χ1v) is 10.3. The molecule has 0 fully saturated rings. The highest BCUT2D eigenvalue weighted by Crippen LogP contribution is 2.39. The predicted molar refractivity (Wildman–Crippen MR) is 113 cm³/mol. The number of fused-ring (bicyclic) bond motifs is 1. The molecule has 1 heterocycles. The van der Waals surface area contributed by atoms with E-state index in [1.165, 1.54) is 16.9 Å². The number of benzene rings is 1. The minimum atomic E-state index is -0.486. The number of amides is 2. The molecule has 2 amide bonds. The molecule has 6 nitrogen and oxygen atoms in total. The highest BCUT2D eigenvalue weighted by molar-refractivity contribution is 7.17. The summed E-state index contributed by atoms with van der Waals surface area (Å²) in [6.07, 6.45) is 4.39. The first-order chi connectivity index (χ1) is 13.5. The number of nitrogens with one attached hydrogen (secondary N) is 2. The van der Waals surface area contributed by atoms with E-state index in [9.17, 15) is 9.59 Å². The van der Waals surface area contributed by atoms with Crippen LogP contribution in [0.2, 0.25) is 0 Å². The molecule has 1 aromatic carbocycles. The number of hydrogen-bond donors (Lipinski definition) is 2. The third-order valence-corrected chi connectivity index (χ3v) is 5.82. The summed E-state index contributed by atoms with van der Waals surface area (Å²) in [5, 5.41) is 7.26. The van der Waals surface area contributed by atoms with E-state index in [2.05, 4.69) is 29.7 Å². The highest BCUT2D eigenvalue weighted by Gasteiger charge is 2.28. The minimum Gasteiger partial charge on any atom is -0.462 e. The van der Waals surface area contributed by atoms with Crippen molar-refractivity contribution in [2.45, 2.75) is 46.0 Å². The van der Waals surface area contributed by atoms with Crippen LogP contribution >= 0.6 is 11.3 Å². The fraction of sp³-hybridized carbons (Fsp3) is 0.381. The van der Waals surface area contributed by atoms with Gasteiger partial charge in [-0.2, -0.15) is 5.10 Å². The molecule has 0 saturated heterocycles. The number of hydrazone groups is 1.